The molecule has 0 bridgehead atoms. The third kappa shape index (κ3) is 5.96. The van der Waals surface area contributed by atoms with E-state index in [0.29, 0.717) is 5.75 Å². The van der Waals surface area contributed by atoms with Gasteiger partial charge in [-0.1, -0.05) is 30.3 Å². The Balaban J connectivity index is 0.000000261. The first-order valence-electron chi connectivity index (χ1n) is 5.75. The second-order valence-electron chi connectivity index (χ2n) is 3.96. The average molecular weight is 352 g/mol. The lowest BCUT2D eigenvalue weighted by Gasteiger charge is -2.08. The van der Waals surface area contributed by atoms with Gasteiger partial charge in [0.05, 0.1) is 0 Å². The number of halogens is 3. The van der Waals surface area contributed by atoms with E-state index in [4.69, 9.17) is 13.0 Å². The number of carbonyl (C=O) groups is 1. The predicted octanol–water partition coefficient (Wildman–Crippen LogP) is 3.37. The highest BCUT2D eigenvalue weighted by atomic mass is 32.2. The van der Waals surface area contributed by atoms with Gasteiger partial charge in [-0.05, 0) is 22.6 Å². The molecule has 0 saturated carbocycles. The summed E-state index contributed by atoms with van der Waals surface area (Å²) in [6.07, 6.45) is 0. The van der Waals surface area contributed by atoms with Crippen LogP contribution in [0.3, 0.4) is 0 Å². The van der Waals surface area contributed by atoms with Crippen LogP contribution in [0.1, 0.15) is 10.4 Å². The van der Waals surface area contributed by atoms with Crippen molar-refractivity contribution in [1.82, 2.24) is 0 Å². The quantitative estimate of drug-likeness (QED) is 0.367. The van der Waals surface area contributed by atoms with Crippen LogP contribution in [-0.4, -0.2) is 24.3 Å². The minimum Gasteiger partial charge on any atom is -0.741 e. The van der Waals surface area contributed by atoms with Crippen LogP contribution in [0.5, 0.6) is 0 Å². The second-order valence-corrected chi connectivity index (χ2v) is 7.10. The highest BCUT2D eigenvalue weighted by Crippen LogP contribution is 2.20. The highest BCUT2D eigenvalue weighted by Gasteiger charge is 2.36. The van der Waals surface area contributed by atoms with Crippen molar-refractivity contribution in [2.45, 2.75) is 11.3 Å². The Hall–Kier alpha value is -1.71. The average Bonchev–Trinajstić information content (AvgIpc) is 2.91. The molecule has 120 valence electrons. The minimum atomic E-state index is -6.09. The molecule has 1 aromatic carbocycles. The molecule has 0 aliphatic rings. The van der Waals surface area contributed by atoms with Crippen LogP contribution >= 0.6 is 10.5 Å². The summed E-state index contributed by atoms with van der Waals surface area (Å²) in [6, 6.07) is 13.5. The summed E-state index contributed by atoms with van der Waals surface area (Å²) in [7, 11) is -6.06. The number of benzene rings is 1. The molecule has 1 aromatic heterocycles. The monoisotopic (exact) mass is 352 g/mol. The standard InChI is InChI=1S/C12H11OS.CHF3O3S/c13-12(10-14-8-4-5-9-14)11-6-2-1-3-7-11;2-1(3,4)8(5,6)7/h1-9H,10H2;(H,5,6,7)/q+1;/p-1. The first-order chi connectivity index (χ1) is 10.1. The van der Waals surface area contributed by atoms with E-state index in [1.165, 1.54) is 0 Å². The fourth-order valence-electron chi connectivity index (χ4n) is 1.29. The molecule has 0 fully saturated rings. The van der Waals surface area contributed by atoms with Gasteiger partial charge in [-0.25, -0.2) is 8.42 Å². The fraction of sp³-hybridized carbons (Fsp3) is 0.154. The third-order valence-electron chi connectivity index (χ3n) is 2.29. The summed E-state index contributed by atoms with van der Waals surface area (Å²) in [5.41, 5.74) is -4.83. The Morgan fingerprint density at radius 1 is 1.05 bits per heavy atom. The SMILES string of the molecule is O=C(C[s+]1cccc1)c1ccccc1.O=S(=O)([O-])C(F)(F)F. The zero-order valence-electron chi connectivity index (χ0n) is 11.0. The van der Waals surface area contributed by atoms with Crippen molar-refractivity contribution in [3.8, 4) is 0 Å². The van der Waals surface area contributed by atoms with Crippen molar-refractivity contribution in [3.63, 3.8) is 0 Å². The molecule has 0 N–H and O–H groups in total. The van der Waals surface area contributed by atoms with Crippen molar-refractivity contribution >= 4 is 26.4 Å². The topological polar surface area (TPSA) is 74.3 Å². The van der Waals surface area contributed by atoms with E-state index in [2.05, 4.69) is 10.8 Å². The molecule has 9 heteroatoms. The number of carbonyl (C=O) groups excluding carboxylic acids is 1. The molecule has 0 spiro atoms. The molecule has 4 nitrogen and oxygen atoms in total. The van der Waals surface area contributed by atoms with Gasteiger partial charge in [-0.15, -0.1) is 0 Å². The van der Waals surface area contributed by atoms with E-state index in [1.54, 1.807) is 0 Å². The van der Waals surface area contributed by atoms with Crippen molar-refractivity contribution in [3.05, 3.63) is 58.8 Å². The molecule has 2 rings (SSSR count). The normalized spacial score (nSPS) is 11.5. The smallest absolute Gasteiger partial charge is 0.485 e. The van der Waals surface area contributed by atoms with Gasteiger partial charge in [0.25, 0.3) is 0 Å². The summed E-state index contributed by atoms with van der Waals surface area (Å²) in [5.74, 6) is 0.835. The number of thiophene rings is 1. The maximum Gasteiger partial charge on any atom is 0.485 e. The van der Waals surface area contributed by atoms with Crippen molar-refractivity contribution in [2.75, 3.05) is 0 Å². The van der Waals surface area contributed by atoms with Gasteiger partial charge in [0.2, 0.25) is 5.78 Å². The van der Waals surface area contributed by atoms with Crippen LogP contribution in [0.15, 0.2) is 53.2 Å². The van der Waals surface area contributed by atoms with Crippen LogP contribution < -0.4 is 0 Å². The predicted molar refractivity (Wildman–Crippen MR) is 75.4 cm³/mol. The summed E-state index contributed by atoms with van der Waals surface area (Å²) in [4.78, 5) is 11.7. The van der Waals surface area contributed by atoms with Crippen molar-refractivity contribution in [2.24, 2.45) is 0 Å². The molecule has 0 unspecified atom stereocenters. The van der Waals surface area contributed by atoms with Gasteiger partial charge in [-0.3, -0.25) is 4.79 Å². The van der Waals surface area contributed by atoms with E-state index < -0.39 is 15.6 Å². The number of alkyl halides is 3. The molecule has 0 radical (unpaired) electrons. The van der Waals surface area contributed by atoms with Gasteiger partial charge in [0.1, 0.15) is 10.8 Å². The van der Waals surface area contributed by atoms with E-state index in [0.717, 1.165) is 5.56 Å². The Bertz CT molecular complexity index is 693. The van der Waals surface area contributed by atoms with Crippen LogP contribution in [0.4, 0.5) is 13.2 Å². The van der Waals surface area contributed by atoms with Crippen LogP contribution in [-0.2, 0) is 15.9 Å². The first-order valence-corrected chi connectivity index (χ1v) is 8.68. The van der Waals surface area contributed by atoms with Gasteiger partial charge in [0, 0.05) is 5.56 Å². The maximum absolute atomic E-state index is 11.7. The van der Waals surface area contributed by atoms with E-state index in [-0.39, 0.29) is 16.3 Å². The molecule has 0 amide bonds. The fourth-order valence-corrected chi connectivity index (χ4v) is 2.63. The van der Waals surface area contributed by atoms with Gasteiger partial charge >= 0.3 is 5.51 Å². The Morgan fingerprint density at radius 3 is 1.91 bits per heavy atom. The number of Topliss-reactive ketones (excluding diaryl/α,β-unsaturated/α-hetero) is 1. The Morgan fingerprint density at radius 2 is 1.50 bits per heavy atom. The Labute approximate surface area is 127 Å². The lowest BCUT2D eigenvalue weighted by Crippen LogP contribution is -2.21. The van der Waals surface area contributed by atoms with Gasteiger partial charge in [0.15, 0.2) is 15.9 Å². The molecule has 22 heavy (non-hydrogen) atoms. The number of rotatable bonds is 3. The molecule has 0 aliphatic carbocycles. The van der Waals surface area contributed by atoms with Crippen LogP contribution in [0.2, 0.25) is 0 Å². The molecule has 0 saturated heterocycles. The summed E-state index contributed by atoms with van der Waals surface area (Å²) in [6.45, 7) is 0. The lowest BCUT2D eigenvalue weighted by atomic mass is 10.2. The first kappa shape index (κ1) is 18.3. The van der Waals surface area contributed by atoms with Crippen LogP contribution in [0, 0.1) is 0 Å². The lowest BCUT2D eigenvalue weighted by molar-refractivity contribution is -0.0517. The highest BCUT2D eigenvalue weighted by molar-refractivity contribution is 7.86. The van der Waals surface area contributed by atoms with Gasteiger partial charge < -0.3 is 4.55 Å². The van der Waals surface area contributed by atoms with Gasteiger partial charge in [-0.2, -0.15) is 13.2 Å². The van der Waals surface area contributed by atoms with E-state index in [9.17, 15) is 18.0 Å². The largest absolute Gasteiger partial charge is 0.741 e. The summed E-state index contributed by atoms with van der Waals surface area (Å²) >= 11 is 0. The Kier molecular flexibility index (Phi) is 6.27. The van der Waals surface area contributed by atoms with Crippen molar-refractivity contribution in [1.29, 1.82) is 0 Å². The molecular formula is C13H11F3O4S2. The summed E-state index contributed by atoms with van der Waals surface area (Å²) < 4.78 is 58.9. The van der Waals surface area contributed by atoms with Crippen LogP contribution in [0.25, 0.3) is 0 Å². The van der Waals surface area contributed by atoms with Crippen molar-refractivity contribution < 1.29 is 30.9 Å². The van der Waals surface area contributed by atoms with E-state index in [1.807, 2.05) is 42.5 Å². The van der Waals surface area contributed by atoms with E-state index >= 15 is 0 Å². The number of hydrogen-bond acceptors (Lipinski definition) is 4. The zero-order valence-corrected chi connectivity index (χ0v) is 12.6. The molecule has 0 atom stereocenters. The molecule has 0 aliphatic heterocycles. The zero-order chi connectivity index (χ0) is 16.8. The molecule has 2 aromatic rings. The summed E-state index contributed by atoms with van der Waals surface area (Å²) in [5, 5.41) is 4.17. The minimum absolute atomic E-state index is 0.0315. The molecule has 1 heterocycles. The number of ketones is 1. The second kappa shape index (κ2) is 7.52. The number of hydrogen-bond donors (Lipinski definition) is 0. The third-order valence-corrected chi connectivity index (χ3v) is 4.47. The molecular weight excluding hydrogens is 341 g/mol. The maximum atomic E-state index is 11.7.